The summed E-state index contributed by atoms with van der Waals surface area (Å²) < 4.78 is 0. The largest absolute Gasteiger partial charge is 0.348 e. The summed E-state index contributed by atoms with van der Waals surface area (Å²) in [5.41, 5.74) is 4.26. The zero-order valence-corrected chi connectivity index (χ0v) is 10.2. The van der Waals surface area contributed by atoms with Crippen LogP contribution >= 0.6 is 11.6 Å². The van der Waals surface area contributed by atoms with E-state index in [1.165, 1.54) is 0 Å². The highest BCUT2D eigenvalue weighted by atomic mass is 35.5. The smallest absolute Gasteiger partial charge is 0.253 e. The van der Waals surface area contributed by atoms with Gasteiger partial charge in [-0.2, -0.15) is 5.10 Å². The number of nitrogen functional groups attached to an aromatic ring is 1. The van der Waals surface area contributed by atoms with E-state index in [2.05, 4.69) is 20.9 Å². The molecule has 0 aliphatic rings. The van der Waals surface area contributed by atoms with Gasteiger partial charge in [-0.1, -0.05) is 11.6 Å². The van der Waals surface area contributed by atoms with E-state index in [9.17, 15) is 4.79 Å². The van der Waals surface area contributed by atoms with Crippen LogP contribution in [0.1, 0.15) is 15.9 Å². The number of aromatic nitrogens is 2. The Kier molecular flexibility index (Phi) is 3.81. The molecule has 1 aromatic carbocycles. The van der Waals surface area contributed by atoms with E-state index >= 15 is 0 Å². The molecule has 0 spiro atoms. The normalized spacial score (nSPS) is 10.1. The maximum Gasteiger partial charge on any atom is 0.253 e. The van der Waals surface area contributed by atoms with Crippen molar-refractivity contribution < 1.29 is 4.79 Å². The lowest BCUT2D eigenvalue weighted by molar-refractivity contribution is 0.0951. The number of H-pyrrole nitrogens is 1. The molecular weight excluding hydrogens is 254 g/mol. The van der Waals surface area contributed by atoms with Gasteiger partial charge in [0.2, 0.25) is 0 Å². The van der Waals surface area contributed by atoms with Gasteiger partial charge in [-0.05, 0) is 18.2 Å². The van der Waals surface area contributed by atoms with E-state index in [0.29, 0.717) is 22.8 Å². The molecule has 0 fully saturated rings. The average Bonchev–Trinajstić information content (AvgIpc) is 2.89. The number of hydrogen-bond acceptors (Lipinski definition) is 4. The minimum Gasteiger partial charge on any atom is -0.348 e. The number of carbonyl (C=O) groups excluding carboxylic acids is 1. The SMILES string of the molecule is NNc1ccc(Cl)cc1C(=O)NCc1cn[nH]c1. The second kappa shape index (κ2) is 5.52. The Morgan fingerprint density at radius 2 is 2.33 bits per heavy atom. The molecule has 0 bridgehead atoms. The highest BCUT2D eigenvalue weighted by Gasteiger charge is 2.11. The van der Waals surface area contributed by atoms with Crippen molar-refractivity contribution in [3.05, 3.63) is 46.7 Å². The zero-order valence-electron chi connectivity index (χ0n) is 9.40. The molecule has 5 N–H and O–H groups in total. The molecule has 0 saturated heterocycles. The molecule has 94 valence electrons. The Bertz CT molecular complexity index is 540. The maximum atomic E-state index is 12.0. The lowest BCUT2D eigenvalue weighted by atomic mass is 10.1. The third-order valence-corrected chi connectivity index (χ3v) is 2.62. The highest BCUT2D eigenvalue weighted by molar-refractivity contribution is 6.31. The number of aromatic amines is 1. The Balaban J connectivity index is 2.10. The van der Waals surface area contributed by atoms with Crippen molar-refractivity contribution >= 4 is 23.2 Å². The van der Waals surface area contributed by atoms with Crippen molar-refractivity contribution in [3.8, 4) is 0 Å². The number of anilines is 1. The van der Waals surface area contributed by atoms with Crippen molar-refractivity contribution in [2.24, 2.45) is 5.84 Å². The summed E-state index contributed by atoms with van der Waals surface area (Å²) in [4.78, 5) is 12.0. The van der Waals surface area contributed by atoms with Gasteiger partial charge in [0.1, 0.15) is 0 Å². The summed E-state index contributed by atoms with van der Waals surface area (Å²) in [6, 6.07) is 4.86. The number of hydrogen-bond donors (Lipinski definition) is 4. The Morgan fingerprint density at radius 1 is 1.50 bits per heavy atom. The molecular formula is C11H12ClN5O. The Labute approximate surface area is 108 Å². The van der Waals surface area contributed by atoms with Crippen LogP contribution in [0.4, 0.5) is 5.69 Å². The molecule has 0 radical (unpaired) electrons. The van der Waals surface area contributed by atoms with Crippen LogP contribution in [0.15, 0.2) is 30.6 Å². The van der Waals surface area contributed by atoms with Crippen molar-refractivity contribution in [3.63, 3.8) is 0 Å². The maximum absolute atomic E-state index is 12.0. The summed E-state index contributed by atoms with van der Waals surface area (Å²) in [6.07, 6.45) is 3.35. The topological polar surface area (TPSA) is 95.8 Å². The van der Waals surface area contributed by atoms with Gasteiger partial charge in [-0.25, -0.2) is 0 Å². The van der Waals surface area contributed by atoms with Gasteiger partial charge < -0.3 is 10.7 Å². The number of nitrogens with two attached hydrogens (primary N) is 1. The van der Waals surface area contributed by atoms with E-state index in [-0.39, 0.29) is 5.91 Å². The number of carbonyl (C=O) groups is 1. The number of halogens is 1. The van der Waals surface area contributed by atoms with Gasteiger partial charge in [0.25, 0.3) is 5.91 Å². The second-order valence-corrected chi connectivity index (χ2v) is 4.06. The van der Waals surface area contributed by atoms with Gasteiger partial charge in [-0.3, -0.25) is 15.7 Å². The van der Waals surface area contributed by atoms with Crippen LogP contribution in [0.5, 0.6) is 0 Å². The first kappa shape index (κ1) is 12.4. The van der Waals surface area contributed by atoms with Crippen molar-refractivity contribution in [2.45, 2.75) is 6.54 Å². The summed E-state index contributed by atoms with van der Waals surface area (Å²) >= 11 is 5.85. The summed E-state index contributed by atoms with van der Waals surface area (Å²) in [7, 11) is 0. The quantitative estimate of drug-likeness (QED) is 0.495. The van der Waals surface area contributed by atoms with Gasteiger partial charge in [0.15, 0.2) is 0 Å². The standard InChI is InChI=1S/C11H12ClN5O/c12-8-1-2-10(17-13)9(3-8)11(18)14-4-7-5-15-16-6-7/h1-3,5-6,17H,4,13H2,(H,14,18)(H,15,16). The van der Waals surface area contributed by atoms with Gasteiger partial charge in [0.05, 0.1) is 17.4 Å². The summed E-state index contributed by atoms with van der Waals surface area (Å²) in [5.74, 6) is 5.08. The number of rotatable bonds is 4. The molecule has 1 heterocycles. The van der Waals surface area contributed by atoms with Crippen LogP contribution in [0.3, 0.4) is 0 Å². The number of amides is 1. The fourth-order valence-electron chi connectivity index (χ4n) is 1.48. The van der Waals surface area contributed by atoms with Crippen LogP contribution in [-0.2, 0) is 6.54 Å². The number of nitrogens with zero attached hydrogens (tertiary/aromatic N) is 1. The first-order chi connectivity index (χ1) is 8.70. The Morgan fingerprint density at radius 3 is 3.00 bits per heavy atom. The van der Waals surface area contributed by atoms with Crippen LogP contribution in [0, 0.1) is 0 Å². The van der Waals surface area contributed by atoms with E-state index < -0.39 is 0 Å². The molecule has 0 unspecified atom stereocenters. The van der Waals surface area contributed by atoms with Crippen LogP contribution in [0.25, 0.3) is 0 Å². The van der Waals surface area contributed by atoms with E-state index in [1.54, 1.807) is 30.6 Å². The van der Waals surface area contributed by atoms with E-state index in [1.807, 2.05) is 0 Å². The fourth-order valence-corrected chi connectivity index (χ4v) is 1.65. The fraction of sp³-hybridized carbons (Fsp3) is 0.0909. The highest BCUT2D eigenvalue weighted by Crippen LogP contribution is 2.19. The summed E-state index contributed by atoms with van der Waals surface area (Å²) in [5, 5.41) is 9.69. The van der Waals surface area contributed by atoms with Crippen LogP contribution < -0.4 is 16.6 Å². The lowest BCUT2D eigenvalue weighted by Gasteiger charge is -2.09. The van der Waals surface area contributed by atoms with Crippen molar-refractivity contribution in [1.82, 2.24) is 15.5 Å². The lowest BCUT2D eigenvalue weighted by Crippen LogP contribution is -2.24. The molecule has 1 aromatic heterocycles. The van der Waals surface area contributed by atoms with E-state index in [0.717, 1.165) is 5.56 Å². The van der Waals surface area contributed by atoms with Gasteiger partial charge >= 0.3 is 0 Å². The van der Waals surface area contributed by atoms with Gasteiger partial charge in [-0.15, -0.1) is 0 Å². The van der Waals surface area contributed by atoms with Crippen molar-refractivity contribution in [1.29, 1.82) is 0 Å². The van der Waals surface area contributed by atoms with Gasteiger partial charge in [0, 0.05) is 23.3 Å². The average molecular weight is 266 g/mol. The van der Waals surface area contributed by atoms with Crippen LogP contribution in [-0.4, -0.2) is 16.1 Å². The number of nitrogens with one attached hydrogen (secondary N) is 3. The molecule has 2 rings (SSSR count). The molecule has 0 atom stereocenters. The third kappa shape index (κ3) is 2.79. The predicted octanol–water partition coefficient (Wildman–Crippen LogP) is 1.28. The molecule has 7 heteroatoms. The zero-order chi connectivity index (χ0) is 13.0. The van der Waals surface area contributed by atoms with Crippen LogP contribution in [0.2, 0.25) is 5.02 Å². The first-order valence-corrected chi connectivity index (χ1v) is 5.60. The molecule has 1 amide bonds. The first-order valence-electron chi connectivity index (χ1n) is 5.22. The van der Waals surface area contributed by atoms with Crippen molar-refractivity contribution in [2.75, 3.05) is 5.43 Å². The molecule has 2 aromatic rings. The minimum absolute atomic E-state index is 0.258. The Hall–Kier alpha value is -2.05. The number of benzene rings is 1. The molecule has 0 aliphatic carbocycles. The minimum atomic E-state index is -0.258. The predicted molar refractivity (Wildman–Crippen MR) is 69.0 cm³/mol. The molecule has 0 aliphatic heterocycles. The molecule has 18 heavy (non-hydrogen) atoms. The number of hydrazine groups is 1. The third-order valence-electron chi connectivity index (χ3n) is 2.39. The molecule has 0 saturated carbocycles. The monoisotopic (exact) mass is 265 g/mol. The summed E-state index contributed by atoms with van der Waals surface area (Å²) in [6.45, 7) is 0.381. The molecule has 6 nitrogen and oxygen atoms in total. The second-order valence-electron chi connectivity index (χ2n) is 3.62. The van der Waals surface area contributed by atoms with E-state index in [4.69, 9.17) is 17.4 Å².